The molecule has 0 saturated carbocycles. The van der Waals surface area contributed by atoms with Gasteiger partial charge in [0.2, 0.25) is 10.0 Å². The number of sulfonamides is 1. The van der Waals surface area contributed by atoms with Crippen LogP contribution in [-0.4, -0.2) is 39.6 Å². The van der Waals surface area contributed by atoms with Crippen molar-refractivity contribution in [2.45, 2.75) is 36.6 Å². The van der Waals surface area contributed by atoms with E-state index < -0.39 is 25.9 Å². The van der Waals surface area contributed by atoms with Gasteiger partial charge in [-0.15, -0.1) is 0 Å². The first-order chi connectivity index (χ1) is 11.0. The Morgan fingerprint density at radius 2 is 1.62 bits per heavy atom. The minimum atomic E-state index is -3.78. The van der Waals surface area contributed by atoms with Crippen molar-refractivity contribution in [1.82, 2.24) is 9.46 Å². The Morgan fingerprint density at radius 3 is 2.04 bits per heavy atom. The van der Waals surface area contributed by atoms with E-state index in [-0.39, 0.29) is 15.6 Å². The first-order valence-corrected chi connectivity index (χ1v) is 10.5. The third-order valence-corrected chi connectivity index (χ3v) is 7.24. The van der Waals surface area contributed by atoms with Crippen LogP contribution in [0.5, 0.6) is 0 Å². The average Bonchev–Trinajstić information content (AvgIpc) is 2.84. The van der Waals surface area contributed by atoms with Gasteiger partial charge in [0.15, 0.2) is 15.6 Å². The predicted molar refractivity (Wildman–Crippen MR) is 88.9 cm³/mol. The summed E-state index contributed by atoms with van der Waals surface area (Å²) in [6.45, 7) is 4.85. The SMILES string of the molecule is Cc1noc(C)c1S(=O)(=O)N(C)[C@@H](C)c1ccc(S(C)(=O)=O)cc1. The summed E-state index contributed by atoms with van der Waals surface area (Å²) in [4.78, 5) is 0.249. The van der Waals surface area contributed by atoms with E-state index in [9.17, 15) is 16.8 Å². The second kappa shape index (κ2) is 6.30. The van der Waals surface area contributed by atoms with Crippen LogP contribution in [0.4, 0.5) is 0 Å². The Morgan fingerprint density at radius 1 is 1.08 bits per heavy atom. The van der Waals surface area contributed by atoms with Crippen LogP contribution < -0.4 is 0 Å². The smallest absolute Gasteiger partial charge is 0.248 e. The van der Waals surface area contributed by atoms with Gasteiger partial charge in [-0.2, -0.15) is 4.31 Å². The molecular weight excluding hydrogens is 352 g/mol. The lowest BCUT2D eigenvalue weighted by Gasteiger charge is -2.24. The molecule has 1 aromatic heterocycles. The minimum absolute atomic E-state index is 0.0598. The molecule has 7 nitrogen and oxygen atoms in total. The van der Waals surface area contributed by atoms with Crippen LogP contribution in [0.3, 0.4) is 0 Å². The van der Waals surface area contributed by atoms with Gasteiger partial charge in [-0.05, 0) is 38.5 Å². The Bertz CT molecular complexity index is 925. The minimum Gasteiger partial charge on any atom is -0.360 e. The quantitative estimate of drug-likeness (QED) is 0.797. The molecule has 0 radical (unpaired) electrons. The van der Waals surface area contributed by atoms with Crippen molar-refractivity contribution >= 4 is 19.9 Å². The van der Waals surface area contributed by atoms with Gasteiger partial charge in [-0.1, -0.05) is 17.3 Å². The van der Waals surface area contributed by atoms with Crippen molar-refractivity contribution in [1.29, 1.82) is 0 Å². The van der Waals surface area contributed by atoms with Gasteiger partial charge in [0, 0.05) is 19.3 Å². The van der Waals surface area contributed by atoms with Crippen molar-refractivity contribution in [3.63, 3.8) is 0 Å². The molecule has 0 unspecified atom stereocenters. The Balaban J connectivity index is 2.37. The first kappa shape index (κ1) is 18.6. The second-order valence-corrected chi connectivity index (χ2v) is 9.64. The Hall–Kier alpha value is -1.71. The molecule has 0 amide bonds. The number of benzene rings is 1. The summed E-state index contributed by atoms with van der Waals surface area (Å²) in [5, 5.41) is 3.69. The molecular formula is C15H20N2O5S2. The fourth-order valence-electron chi connectivity index (χ4n) is 2.40. The second-order valence-electron chi connectivity index (χ2n) is 5.69. The molecule has 132 valence electrons. The number of hydrogen-bond donors (Lipinski definition) is 0. The number of rotatable bonds is 5. The molecule has 0 spiro atoms. The monoisotopic (exact) mass is 372 g/mol. The molecule has 1 heterocycles. The largest absolute Gasteiger partial charge is 0.360 e. The maximum Gasteiger partial charge on any atom is 0.248 e. The molecule has 0 fully saturated rings. The Labute approximate surface area is 142 Å². The number of sulfone groups is 1. The lowest BCUT2D eigenvalue weighted by Crippen LogP contribution is -2.30. The van der Waals surface area contributed by atoms with Crippen LogP contribution >= 0.6 is 0 Å². The van der Waals surface area contributed by atoms with Gasteiger partial charge >= 0.3 is 0 Å². The highest BCUT2D eigenvalue weighted by Crippen LogP contribution is 2.29. The van der Waals surface area contributed by atoms with Gasteiger partial charge in [0.05, 0.1) is 4.90 Å². The van der Waals surface area contributed by atoms with Crippen molar-refractivity contribution < 1.29 is 21.4 Å². The van der Waals surface area contributed by atoms with E-state index in [1.54, 1.807) is 32.9 Å². The number of nitrogens with zero attached hydrogens (tertiary/aromatic N) is 2. The van der Waals surface area contributed by atoms with E-state index in [0.717, 1.165) is 6.26 Å². The van der Waals surface area contributed by atoms with Crippen LogP contribution in [0.1, 0.15) is 30.0 Å². The van der Waals surface area contributed by atoms with Gasteiger partial charge in [-0.3, -0.25) is 0 Å². The molecule has 0 aliphatic heterocycles. The fourth-order valence-corrected chi connectivity index (χ4v) is 4.67. The highest BCUT2D eigenvalue weighted by Gasteiger charge is 2.32. The summed E-state index contributed by atoms with van der Waals surface area (Å²) in [6.07, 6.45) is 1.12. The first-order valence-electron chi connectivity index (χ1n) is 7.17. The molecule has 0 aliphatic carbocycles. The molecule has 0 saturated heterocycles. The third kappa shape index (κ3) is 3.38. The molecule has 1 aromatic carbocycles. The van der Waals surface area contributed by atoms with E-state index in [0.29, 0.717) is 11.3 Å². The maximum absolute atomic E-state index is 12.8. The summed E-state index contributed by atoms with van der Waals surface area (Å²) in [5.41, 5.74) is 0.985. The van der Waals surface area contributed by atoms with Gasteiger partial charge in [-0.25, -0.2) is 16.8 Å². The fraction of sp³-hybridized carbons (Fsp3) is 0.400. The van der Waals surface area contributed by atoms with Crippen LogP contribution in [0, 0.1) is 13.8 Å². The van der Waals surface area contributed by atoms with E-state index in [4.69, 9.17) is 4.52 Å². The molecule has 24 heavy (non-hydrogen) atoms. The van der Waals surface area contributed by atoms with Crippen molar-refractivity contribution in [3.05, 3.63) is 41.3 Å². The molecule has 1 atom stereocenters. The van der Waals surface area contributed by atoms with Gasteiger partial charge in [0.1, 0.15) is 10.6 Å². The Kier molecular flexibility index (Phi) is 4.89. The zero-order valence-corrected chi connectivity index (χ0v) is 15.8. The van der Waals surface area contributed by atoms with Gasteiger partial charge in [0.25, 0.3) is 0 Å². The van der Waals surface area contributed by atoms with Crippen molar-refractivity contribution in [2.24, 2.45) is 0 Å². The van der Waals surface area contributed by atoms with E-state index >= 15 is 0 Å². The van der Waals surface area contributed by atoms with E-state index in [1.807, 2.05) is 0 Å². The van der Waals surface area contributed by atoms with Gasteiger partial charge < -0.3 is 4.52 Å². The molecule has 9 heteroatoms. The average molecular weight is 372 g/mol. The summed E-state index contributed by atoms with van der Waals surface area (Å²) >= 11 is 0. The highest BCUT2D eigenvalue weighted by atomic mass is 32.2. The van der Waals surface area contributed by atoms with E-state index in [2.05, 4.69) is 5.16 Å². The lowest BCUT2D eigenvalue weighted by molar-refractivity contribution is 0.384. The van der Waals surface area contributed by atoms with Crippen LogP contribution in [0.15, 0.2) is 38.6 Å². The third-order valence-electron chi connectivity index (χ3n) is 3.94. The summed E-state index contributed by atoms with van der Waals surface area (Å²) in [7, 11) is -5.61. The van der Waals surface area contributed by atoms with Crippen LogP contribution in [0.25, 0.3) is 0 Å². The normalized spacial score (nSPS) is 14.1. The number of aromatic nitrogens is 1. The topological polar surface area (TPSA) is 97.6 Å². The summed E-state index contributed by atoms with van der Waals surface area (Å²) in [5.74, 6) is 0.235. The molecule has 2 aromatic rings. The van der Waals surface area contributed by atoms with Crippen molar-refractivity contribution in [2.75, 3.05) is 13.3 Å². The van der Waals surface area contributed by atoms with Crippen LogP contribution in [-0.2, 0) is 19.9 Å². The predicted octanol–water partition coefficient (Wildman–Crippen LogP) is 2.08. The number of hydrogen-bond acceptors (Lipinski definition) is 6. The number of aryl methyl sites for hydroxylation is 2. The van der Waals surface area contributed by atoms with E-state index in [1.165, 1.54) is 23.5 Å². The zero-order chi connectivity index (χ0) is 18.3. The summed E-state index contributed by atoms with van der Waals surface area (Å²) in [6, 6.07) is 5.67. The molecule has 0 aliphatic rings. The zero-order valence-electron chi connectivity index (χ0n) is 14.1. The molecule has 0 N–H and O–H groups in total. The van der Waals surface area contributed by atoms with Crippen LogP contribution in [0.2, 0.25) is 0 Å². The maximum atomic E-state index is 12.8. The molecule has 0 bridgehead atoms. The summed E-state index contributed by atoms with van der Waals surface area (Å²) < 4.78 is 54.8. The lowest BCUT2D eigenvalue weighted by atomic mass is 10.1. The molecule has 2 rings (SSSR count). The highest BCUT2D eigenvalue weighted by molar-refractivity contribution is 7.90. The van der Waals surface area contributed by atoms with Crippen molar-refractivity contribution in [3.8, 4) is 0 Å². The standard InChI is InChI=1S/C15H20N2O5S2/c1-10-15(12(3)22-16-10)24(20,21)17(4)11(2)13-6-8-14(9-7-13)23(5,18)19/h6-9,11H,1-5H3/t11-/m0/s1.